The van der Waals surface area contributed by atoms with Crippen LogP contribution in [-0.4, -0.2) is 38.0 Å². The van der Waals surface area contributed by atoms with Gasteiger partial charge in [-0.05, 0) is 18.2 Å². The van der Waals surface area contributed by atoms with Gasteiger partial charge < -0.3 is 5.11 Å². The summed E-state index contributed by atoms with van der Waals surface area (Å²) >= 11 is 0. The molecule has 0 fully saturated rings. The Labute approximate surface area is 106 Å². The fourth-order valence-electron chi connectivity index (χ4n) is 1.24. The number of sulfonamides is 1. The summed E-state index contributed by atoms with van der Waals surface area (Å²) in [7, 11) is -2.23. The van der Waals surface area contributed by atoms with E-state index in [0.29, 0.717) is 6.54 Å². The van der Waals surface area contributed by atoms with Gasteiger partial charge in [-0.3, -0.25) is 0 Å². The van der Waals surface area contributed by atoms with Crippen molar-refractivity contribution in [3.8, 4) is 11.8 Å². The van der Waals surface area contributed by atoms with E-state index in [0.717, 1.165) is 10.4 Å². The lowest BCUT2D eigenvalue weighted by Gasteiger charge is -2.14. The Bertz CT molecular complexity index is 587. The third-order valence-corrected chi connectivity index (χ3v) is 4.32. The molecule has 6 heteroatoms. The van der Waals surface area contributed by atoms with Crippen molar-refractivity contribution in [2.24, 2.45) is 0 Å². The zero-order chi connectivity index (χ0) is 13.8. The highest BCUT2D eigenvalue weighted by Crippen LogP contribution is 2.17. The molecule has 0 unspecified atom stereocenters. The first-order chi connectivity index (χ1) is 8.43. The molecule has 0 aliphatic carbocycles. The maximum absolute atomic E-state index is 13.6. The van der Waals surface area contributed by atoms with E-state index in [1.165, 1.54) is 19.2 Å². The number of aliphatic hydroxyl groups excluding tert-OH is 1. The minimum atomic E-state index is -3.65. The monoisotopic (exact) mass is 271 g/mol. The number of halogens is 1. The molecule has 0 aliphatic heterocycles. The Morgan fingerprint density at radius 2 is 2.11 bits per heavy atom. The summed E-state index contributed by atoms with van der Waals surface area (Å²) in [6.07, 6.45) is 0. The lowest BCUT2D eigenvalue weighted by molar-refractivity contribution is 0.350. The number of aliphatic hydroxyl groups is 1. The normalized spacial score (nSPS) is 11.2. The van der Waals surface area contributed by atoms with Crippen molar-refractivity contribution >= 4 is 10.0 Å². The Kier molecular flexibility index (Phi) is 4.84. The highest BCUT2D eigenvalue weighted by molar-refractivity contribution is 7.89. The predicted octanol–water partition coefficient (Wildman–Crippen LogP) is 0.810. The number of hydrogen-bond donors (Lipinski definition) is 1. The SMILES string of the molecule is CCN(C)S(=O)(=O)c1ccc(C#CCO)c(F)c1. The Morgan fingerprint density at radius 3 is 2.61 bits per heavy atom. The highest BCUT2D eigenvalue weighted by atomic mass is 32.2. The number of hydrogen-bond acceptors (Lipinski definition) is 3. The maximum Gasteiger partial charge on any atom is 0.242 e. The van der Waals surface area contributed by atoms with Crippen molar-refractivity contribution in [1.82, 2.24) is 4.31 Å². The van der Waals surface area contributed by atoms with Crippen LogP contribution in [0.5, 0.6) is 0 Å². The van der Waals surface area contributed by atoms with Crippen LogP contribution >= 0.6 is 0 Å². The topological polar surface area (TPSA) is 57.6 Å². The molecule has 0 aliphatic rings. The summed E-state index contributed by atoms with van der Waals surface area (Å²) < 4.78 is 38.6. The third kappa shape index (κ3) is 3.07. The van der Waals surface area contributed by atoms with Crippen molar-refractivity contribution in [2.75, 3.05) is 20.2 Å². The smallest absolute Gasteiger partial charge is 0.242 e. The van der Waals surface area contributed by atoms with E-state index in [-0.39, 0.29) is 17.1 Å². The second kappa shape index (κ2) is 5.96. The molecule has 0 radical (unpaired) electrons. The van der Waals surface area contributed by atoms with Crippen LogP contribution in [0.15, 0.2) is 23.1 Å². The molecule has 0 amide bonds. The third-order valence-electron chi connectivity index (χ3n) is 2.40. The molecule has 18 heavy (non-hydrogen) atoms. The summed E-state index contributed by atoms with van der Waals surface area (Å²) in [6.45, 7) is 1.61. The standard InChI is InChI=1S/C12H14FNO3S/c1-3-14(2)18(16,17)11-7-6-10(5-4-8-15)12(13)9-11/h6-7,9,15H,3,8H2,1-2H3. The van der Waals surface area contributed by atoms with E-state index in [1.54, 1.807) is 6.92 Å². The van der Waals surface area contributed by atoms with Gasteiger partial charge in [0.1, 0.15) is 12.4 Å². The molecule has 98 valence electrons. The van der Waals surface area contributed by atoms with Gasteiger partial charge in [0.2, 0.25) is 10.0 Å². The zero-order valence-corrected chi connectivity index (χ0v) is 11.0. The first kappa shape index (κ1) is 14.6. The predicted molar refractivity (Wildman–Crippen MR) is 65.9 cm³/mol. The van der Waals surface area contributed by atoms with Gasteiger partial charge in [-0.2, -0.15) is 0 Å². The Balaban J connectivity index is 3.20. The van der Waals surface area contributed by atoms with Gasteiger partial charge in [-0.15, -0.1) is 0 Å². The van der Waals surface area contributed by atoms with E-state index >= 15 is 0 Å². The number of benzene rings is 1. The lowest BCUT2D eigenvalue weighted by Crippen LogP contribution is -2.26. The molecular formula is C12H14FNO3S. The van der Waals surface area contributed by atoms with Crippen LogP contribution in [0.2, 0.25) is 0 Å². The van der Waals surface area contributed by atoms with Gasteiger partial charge >= 0.3 is 0 Å². The van der Waals surface area contributed by atoms with Crippen LogP contribution in [0.4, 0.5) is 4.39 Å². The summed E-state index contributed by atoms with van der Waals surface area (Å²) in [5.41, 5.74) is 0.0575. The lowest BCUT2D eigenvalue weighted by atomic mass is 10.2. The van der Waals surface area contributed by atoms with Crippen LogP contribution in [0.25, 0.3) is 0 Å². The molecule has 0 spiro atoms. The van der Waals surface area contributed by atoms with Gasteiger partial charge in [0, 0.05) is 13.6 Å². The van der Waals surface area contributed by atoms with Crippen LogP contribution in [0.1, 0.15) is 12.5 Å². The quantitative estimate of drug-likeness (QED) is 0.828. The van der Waals surface area contributed by atoms with Gasteiger partial charge in [0.15, 0.2) is 0 Å². The maximum atomic E-state index is 13.6. The summed E-state index contributed by atoms with van der Waals surface area (Å²) in [5, 5.41) is 8.51. The fourth-order valence-corrected chi connectivity index (χ4v) is 2.43. The summed E-state index contributed by atoms with van der Waals surface area (Å²) in [6, 6.07) is 3.52. The number of rotatable bonds is 3. The first-order valence-electron chi connectivity index (χ1n) is 5.29. The average molecular weight is 271 g/mol. The molecule has 0 saturated heterocycles. The van der Waals surface area contributed by atoms with E-state index in [9.17, 15) is 12.8 Å². The summed E-state index contributed by atoms with van der Waals surface area (Å²) in [5.74, 6) is 3.98. The van der Waals surface area contributed by atoms with E-state index < -0.39 is 15.8 Å². The average Bonchev–Trinajstić information content (AvgIpc) is 2.36. The van der Waals surface area contributed by atoms with Crippen molar-refractivity contribution < 1.29 is 17.9 Å². The van der Waals surface area contributed by atoms with Gasteiger partial charge in [-0.25, -0.2) is 17.1 Å². The van der Waals surface area contributed by atoms with Gasteiger partial charge in [0.05, 0.1) is 10.5 Å². The second-order valence-electron chi connectivity index (χ2n) is 3.52. The number of nitrogens with zero attached hydrogens (tertiary/aromatic N) is 1. The Hall–Kier alpha value is -1.42. The van der Waals surface area contributed by atoms with Crippen LogP contribution in [0, 0.1) is 17.7 Å². The highest BCUT2D eigenvalue weighted by Gasteiger charge is 2.20. The molecule has 1 rings (SSSR count). The van der Waals surface area contributed by atoms with Crippen molar-refractivity contribution in [1.29, 1.82) is 0 Å². The van der Waals surface area contributed by atoms with Crippen LogP contribution < -0.4 is 0 Å². The first-order valence-corrected chi connectivity index (χ1v) is 6.73. The molecule has 0 atom stereocenters. The molecule has 4 nitrogen and oxygen atoms in total. The molecule has 0 bridgehead atoms. The van der Waals surface area contributed by atoms with E-state index in [2.05, 4.69) is 11.8 Å². The van der Waals surface area contributed by atoms with Crippen LogP contribution in [0.3, 0.4) is 0 Å². The zero-order valence-electron chi connectivity index (χ0n) is 10.1. The van der Waals surface area contributed by atoms with Crippen LogP contribution in [-0.2, 0) is 10.0 Å². The minimum absolute atomic E-state index is 0.0575. The van der Waals surface area contributed by atoms with E-state index in [1.807, 2.05) is 0 Å². The molecular weight excluding hydrogens is 257 g/mol. The largest absolute Gasteiger partial charge is 0.384 e. The molecule has 0 aromatic heterocycles. The molecule has 1 aromatic carbocycles. The fraction of sp³-hybridized carbons (Fsp3) is 0.333. The van der Waals surface area contributed by atoms with E-state index in [4.69, 9.17) is 5.11 Å². The van der Waals surface area contributed by atoms with Crippen molar-refractivity contribution in [3.05, 3.63) is 29.6 Å². The minimum Gasteiger partial charge on any atom is -0.384 e. The summed E-state index contributed by atoms with van der Waals surface area (Å²) in [4.78, 5) is -0.112. The van der Waals surface area contributed by atoms with Crippen molar-refractivity contribution in [3.63, 3.8) is 0 Å². The second-order valence-corrected chi connectivity index (χ2v) is 5.57. The Morgan fingerprint density at radius 1 is 1.44 bits per heavy atom. The molecule has 1 aromatic rings. The van der Waals surface area contributed by atoms with Gasteiger partial charge in [0.25, 0.3) is 0 Å². The molecule has 0 saturated carbocycles. The molecule has 1 N–H and O–H groups in total. The van der Waals surface area contributed by atoms with Gasteiger partial charge in [-0.1, -0.05) is 18.8 Å². The molecule has 0 heterocycles. The van der Waals surface area contributed by atoms with Crippen molar-refractivity contribution in [2.45, 2.75) is 11.8 Å².